The topological polar surface area (TPSA) is 17.8 Å². The molecule has 6 aromatic rings. The van der Waals surface area contributed by atoms with Crippen LogP contribution < -0.4 is 16.1 Å². The predicted octanol–water partition coefficient (Wildman–Crippen LogP) is 5.73. The molecule has 2 nitrogen and oxygen atoms in total. The number of imidazole rings is 1. The molecule has 0 N–H and O–H groups in total. The number of halogens is 1. The van der Waals surface area contributed by atoms with E-state index in [0.29, 0.717) is 6.71 Å². The smallest absolute Gasteiger partial charge is 0.212 e. The maximum absolute atomic E-state index is 13.4. The predicted molar refractivity (Wildman–Crippen MR) is 177 cm³/mol. The maximum Gasteiger partial charge on any atom is 0.212 e. The van der Waals surface area contributed by atoms with Crippen molar-refractivity contribution in [3.05, 3.63) is 181 Å². The molecular weight excluding hydrogens is 530 g/mol. The van der Waals surface area contributed by atoms with Crippen LogP contribution in [-0.2, 0) is 5.16 Å². The van der Waals surface area contributed by atoms with Gasteiger partial charge >= 0.3 is 0 Å². The molecule has 1 aromatic heterocycles. The third-order valence-corrected chi connectivity index (χ3v) is 10.8. The zero-order valence-electron chi connectivity index (χ0n) is 23.6. The first kappa shape index (κ1) is 27.7. The summed E-state index contributed by atoms with van der Waals surface area (Å²) in [7, 11) is -0.929. The minimum absolute atomic E-state index is 0.199. The zero-order chi connectivity index (χ0) is 28.6. The molecule has 0 aliphatic heterocycles. The van der Waals surface area contributed by atoms with Gasteiger partial charge in [-0.15, -0.1) is 0 Å². The van der Waals surface area contributed by atoms with E-state index in [1.54, 1.807) is 12.1 Å². The van der Waals surface area contributed by atoms with Crippen LogP contribution in [-0.4, -0.2) is 25.8 Å². The van der Waals surface area contributed by atoms with Crippen LogP contribution in [0.15, 0.2) is 164 Å². The normalized spacial score (nSPS) is 13.0. The third kappa shape index (κ3) is 6.22. The third-order valence-electron chi connectivity index (χ3n) is 8.23. The van der Waals surface area contributed by atoms with Crippen LogP contribution >= 0.6 is 0 Å². The molecule has 42 heavy (non-hydrogen) atoms. The summed E-state index contributed by atoms with van der Waals surface area (Å²) in [4.78, 5) is 4.32. The van der Waals surface area contributed by atoms with Crippen LogP contribution in [0.5, 0.6) is 0 Å². The second-order valence-electron chi connectivity index (χ2n) is 11.0. The first-order valence-electron chi connectivity index (χ1n) is 14.7. The zero-order valence-corrected chi connectivity index (χ0v) is 25.1. The van der Waals surface area contributed by atoms with Gasteiger partial charge in [-0.1, -0.05) is 168 Å². The Morgan fingerprint density at radius 2 is 1.12 bits per heavy atom. The molecule has 0 unspecified atom stereocenters. The van der Waals surface area contributed by atoms with Crippen LogP contribution in [0.25, 0.3) is 0 Å². The van der Waals surface area contributed by atoms with Crippen molar-refractivity contribution in [1.82, 2.24) is 9.55 Å². The standard InChI is InChI=1S/C22H19FN2Si.C15H15B/c23-20-11-13-21(14-12-20)26-22(25-16-15-24-17-25,18-7-3-1-4-8-18)19-9-5-2-6-10-19;1-3-7-13(8-4-1)16(15-11-12-15)14-9-5-2-6-10-14/h1-17H,26H2;1-10,15H,11-12H2. The average Bonchev–Trinajstić information content (AvgIpc) is 3.73. The fraction of sp³-hybridized carbons (Fsp3) is 0.108. The van der Waals surface area contributed by atoms with Gasteiger partial charge in [0.25, 0.3) is 0 Å². The molecule has 1 heterocycles. The summed E-state index contributed by atoms with van der Waals surface area (Å²) in [6.07, 6.45) is 8.50. The molecule has 1 aliphatic carbocycles. The van der Waals surface area contributed by atoms with Crippen molar-refractivity contribution in [3.8, 4) is 0 Å². The monoisotopic (exact) mass is 564 g/mol. The van der Waals surface area contributed by atoms with Crippen molar-refractivity contribution in [2.45, 2.75) is 23.8 Å². The van der Waals surface area contributed by atoms with Crippen LogP contribution in [0, 0.1) is 5.82 Å². The molecule has 1 aliphatic rings. The van der Waals surface area contributed by atoms with Gasteiger partial charge in [-0.05, 0) is 23.3 Å². The van der Waals surface area contributed by atoms with E-state index in [-0.39, 0.29) is 11.0 Å². The van der Waals surface area contributed by atoms with E-state index in [2.05, 4.69) is 119 Å². The van der Waals surface area contributed by atoms with Crippen molar-refractivity contribution in [3.63, 3.8) is 0 Å². The van der Waals surface area contributed by atoms with Gasteiger partial charge in [0, 0.05) is 12.4 Å². The summed E-state index contributed by atoms with van der Waals surface area (Å²) < 4.78 is 15.6. The van der Waals surface area contributed by atoms with Crippen LogP contribution in [0.3, 0.4) is 0 Å². The Hall–Kier alpha value is -4.48. The van der Waals surface area contributed by atoms with Crippen molar-refractivity contribution in [2.75, 3.05) is 0 Å². The van der Waals surface area contributed by atoms with Gasteiger partial charge in [-0.3, -0.25) is 0 Å². The van der Waals surface area contributed by atoms with Crippen LogP contribution in [0.1, 0.15) is 24.0 Å². The van der Waals surface area contributed by atoms with Crippen molar-refractivity contribution in [1.29, 1.82) is 0 Å². The van der Waals surface area contributed by atoms with E-state index in [1.807, 2.05) is 43.0 Å². The number of hydrogen-bond donors (Lipinski definition) is 0. The van der Waals surface area contributed by atoms with Gasteiger partial charge in [-0.25, -0.2) is 9.37 Å². The number of rotatable bonds is 8. The van der Waals surface area contributed by atoms with Crippen LogP contribution in [0.4, 0.5) is 4.39 Å². The van der Waals surface area contributed by atoms with E-state index in [0.717, 1.165) is 5.82 Å². The Bertz CT molecular complexity index is 1560. The Balaban J connectivity index is 0.000000168. The maximum atomic E-state index is 13.4. The number of aromatic nitrogens is 2. The first-order valence-corrected chi connectivity index (χ1v) is 16.1. The molecule has 206 valence electrons. The summed E-state index contributed by atoms with van der Waals surface area (Å²) >= 11 is 0. The van der Waals surface area contributed by atoms with Crippen LogP contribution in [0.2, 0.25) is 5.82 Å². The lowest BCUT2D eigenvalue weighted by atomic mass is 9.37. The summed E-state index contributed by atoms with van der Waals surface area (Å²) in [6.45, 7) is 0.613. The van der Waals surface area contributed by atoms with E-state index in [9.17, 15) is 4.39 Å². The highest BCUT2D eigenvalue weighted by atomic mass is 28.2. The second kappa shape index (κ2) is 13.0. The highest BCUT2D eigenvalue weighted by Crippen LogP contribution is 2.38. The minimum Gasteiger partial charge on any atom is -0.326 e. The van der Waals surface area contributed by atoms with E-state index in [4.69, 9.17) is 0 Å². The number of benzene rings is 5. The lowest BCUT2D eigenvalue weighted by Gasteiger charge is -2.37. The molecule has 7 rings (SSSR count). The fourth-order valence-electron chi connectivity index (χ4n) is 6.06. The summed E-state index contributed by atoms with van der Waals surface area (Å²) in [5, 5.41) is 0.879. The lowest BCUT2D eigenvalue weighted by molar-refractivity contribution is 0.596. The largest absolute Gasteiger partial charge is 0.326 e. The van der Waals surface area contributed by atoms with E-state index >= 15 is 0 Å². The highest BCUT2D eigenvalue weighted by molar-refractivity contribution is 6.86. The molecule has 0 radical (unpaired) electrons. The van der Waals surface area contributed by atoms with Crippen molar-refractivity contribution >= 4 is 32.3 Å². The Morgan fingerprint density at radius 1 is 0.643 bits per heavy atom. The second-order valence-corrected chi connectivity index (χ2v) is 13.2. The van der Waals surface area contributed by atoms with Gasteiger partial charge in [0.15, 0.2) is 0 Å². The Kier molecular flexibility index (Phi) is 8.57. The Morgan fingerprint density at radius 3 is 1.55 bits per heavy atom. The molecule has 1 fully saturated rings. The van der Waals surface area contributed by atoms with Gasteiger partial charge < -0.3 is 4.57 Å². The summed E-state index contributed by atoms with van der Waals surface area (Å²) in [5.41, 5.74) is 5.38. The van der Waals surface area contributed by atoms with E-state index < -0.39 is 9.52 Å². The average molecular weight is 565 g/mol. The molecular formula is C37H34BFN2Si. The van der Waals surface area contributed by atoms with Crippen molar-refractivity contribution < 1.29 is 4.39 Å². The van der Waals surface area contributed by atoms with Crippen molar-refractivity contribution in [2.24, 2.45) is 0 Å². The molecule has 0 saturated heterocycles. The fourth-order valence-corrected chi connectivity index (χ4v) is 8.37. The molecule has 5 aromatic carbocycles. The quantitative estimate of drug-likeness (QED) is 0.216. The molecule has 0 atom stereocenters. The molecule has 0 amide bonds. The lowest BCUT2D eigenvalue weighted by Crippen LogP contribution is -2.46. The Labute approximate surface area is 250 Å². The summed E-state index contributed by atoms with van der Waals surface area (Å²) in [6, 6.07) is 49.8. The number of hydrogen-bond acceptors (Lipinski definition) is 1. The summed E-state index contributed by atoms with van der Waals surface area (Å²) in [5.74, 6) is 0.667. The van der Waals surface area contributed by atoms with E-state index in [1.165, 1.54) is 40.1 Å². The van der Waals surface area contributed by atoms with Gasteiger partial charge in [-0.2, -0.15) is 0 Å². The van der Waals surface area contributed by atoms with Gasteiger partial charge in [0.2, 0.25) is 6.71 Å². The number of nitrogens with zero attached hydrogens (tertiary/aromatic N) is 2. The molecule has 1 saturated carbocycles. The molecule has 0 bridgehead atoms. The molecule has 0 spiro atoms. The van der Waals surface area contributed by atoms with Gasteiger partial charge in [0.05, 0.1) is 21.0 Å². The minimum atomic E-state index is -0.929. The highest BCUT2D eigenvalue weighted by Gasteiger charge is 2.37. The molecule has 5 heteroatoms. The van der Waals surface area contributed by atoms with Gasteiger partial charge in [0.1, 0.15) is 5.82 Å². The first-order chi connectivity index (χ1) is 20.7. The SMILES string of the molecule is Fc1ccc([SiH2]C(c2ccccc2)(c2ccccc2)n2ccnc2)cc1.c1ccc(B(c2ccccc2)C2CC2)cc1.